The van der Waals surface area contributed by atoms with E-state index < -0.39 is 0 Å². The summed E-state index contributed by atoms with van der Waals surface area (Å²) < 4.78 is 2.08. The molecule has 0 radical (unpaired) electrons. The van der Waals surface area contributed by atoms with Gasteiger partial charge in [0, 0.05) is 41.1 Å². The van der Waals surface area contributed by atoms with Crippen molar-refractivity contribution in [3.63, 3.8) is 0 Å². The molecule has 0 spiro atoms. The van der Waals surface area contributed by atoms with Crippen LogP contribution in [-0.2, 0) is 0 Å². The second-order valence-corrected chi connectivity index (χ2v) is 6.39. The lowest BCUT2D eigenvalue weighted by atomic mass is 10.1. The lowest BCUT2D eigenvalue weighted by Gasteiger charge is -2.24. The van der Waals surface area contributed by atoms with E-state index in [-0.39, 0.29) is 0 Å². The van der Waals surface area contributed by atoms with Crippen molar-refractivity contribution in [3.05, 3.63) is 53.8 Å². The SMILES string of the molecule is CC1CCCN1c1cccc(-c2cnc3cc(Cl)ccn23)c1. The molecule has 1 atom stereocenters. The Morgan fingerprint density at radius 3 is 2.95 bits per heavy atom. The van der Waals surface area contributed by atoms with Crippen molar-refractivity contribution in [1.29, 1.82) is 0 Å². The predicted molar refractivity (Wildman–Crippen MR) is 91.7 cm³/mol. The van der Waals surface area contributed by atoms with Crippen LogP contribution in [0.3, 0.4) is 0 Å². The molecule has 0 amide bonds. The van der Waals surface area contributed by atoms with Gasteiger partial charge in [0.05, 0.1) is 11.9 Å². The molecule has 0 saturated carbocycles. The standard InChI is InChI=1S/C18H18ClN3/c1-13-4-3-8-21(13)16-6-2-5-14(10-16)17-12-20-18-11-15(19)7-9-22(17)18/h2,5-7,9-13H,3-4,8H2,1H3. The number of hydrogen-bond donors (Lipinski definition) is 0. The van der Waals surface area contributed by atoms with E-state index in [2.05, 4.69) is 45.5 Å². The molecule has 2 aromatic heterocycles. The number of pyridine rings is 1. The van der Waals surface area contributed by atoms with E-state index in [9.17, 15) is 0 Å². The lowest BCUT2D eigenvalue weighted by Crippen LogP contribution is -2.26. The van der Waals surface area contributed by atoms with Gasteiger partial charge in [-0.05, 0) is 38.0 Å². The fourth-order valence-electron chi connectivity index (χ4n) is 3.33. The van der Waals surface area contributed by atoms with Crippen LogP contribution < -0.4 is 4.90 Å². The first kappa shape index (κ1) is 13.6. The molecule has 3 nitrogen and oxygen atoms in total. The summed E-state index contributed by atoms with van der Waals surface area (Å²) >= 11 is 6.04. The van der Waals surface area contributed by atoms with Gasteiger partial charge in [0.2, 0.25) is 0 Å². The van der Waals surface area contributed by atoms with Crippen LogP contribution in [0.1, 0.15) is 19.8 Å². The van der Waals surface area contributed by atoms with Gasteiger partial charge in [-0.2, -0.15) is 0 Å². The first-order valence-electron chi connectivity index (χ1n) is 7.72. The summed E-state index contributed by atoms with van der Waals surface area (Å²) in [5.74, 6) is 0. The van der Waals surface area contributed by atoms with E-state index in [0.717, 1.165) is 17.9 Å². The maximum Gasteiger partial charge on any atom is 0.138 e. The Hall–Kier alpha value is -2.00. The predicted octanol–water partition coefficient (Wildman–Crippen LogP) is 4.64. The van der Waals surface area contributed by atoms with Crippen LogP contribution in [-0.4, -0.2) is 22.0 Å². The van der Waals surface area contributed by atoms with Gasteiger partial charge in [-0.25, -0.2) is 4.98 Å². The molecule has 0 N–H and O–H groups in total. The van der Waals surface area contributed by atoms with Gasteiger partial charge in [0.25, 0.3) is 0 Å². The number of rotatable bonds is 2. The lowest BCUT2D eigenvalue weighted by molar-refractivity contribution is 0.735. The number of imidazole rings is 1. The van der Waals surface area contributed by atoms with Crippen LogP contribution >= 0.6 is 11.6 Å². The fourth-order valence-corrected chi connectivity index (χ4v) is 3.48. The van der Waals surface area contributed by atoms with Crippen molar-refractivity contribution >= 4 is 22.9 Å². The molecule has 4 heteroatoms. The minimum Gasteiger partial charge on any atom is -0.369 e. The van der Waals surface area contributed by atoms with Crippen molar-refractivity contribution in [2.75, 3.05) is 11.4 Å². The summed E-state index contributed by atoms with van der Waals surface area (Å²) in [6, 6.07) is 13.1. The van der Waals surface area contributed by atoms with Crippen LogP contribution in [0.5, 0.6) is 0 Å². The highest BCUT2D eigenvalue weighted by molar-refractivity contribution is 6.30. The molecule has 1 saturated heterocycles. The second-order valence-electron chi connectivity index (χ2n) is 5.95. The summed E-state index contributed by atoms with van der Waals surface area (Å²) in [5, 5.41) is 0.712. The number of hydrogen-bond acceptors (Lipinski definition) is 2. The molecule has 1 aliphatic rings. The molecule has 1 fully saturated rings. The summed E-state index contributed by atoms with van der Waals surface area (Å²) in [5.41, 5.74) is 4.46. The van der Waals surface area contributed by atoms with E-state index in [4.69, 9.17) is 11.6 Å². The van der Waals surface area contributed by atoms with E-state index >= 15 is 0 Å². The van der Waals surface area contributed by atoms with Crippen LogP contribution in [0, 0.1) is 0 Å². The Labute approximate surface area is 135 Å². The summed E-state index contributed by atoms with van der Waals surface area (Å²) in [6.07, 6.45) is 6.45. The van der Waals surface area contributed by atoms with E-state index in [0.29, 0.717) is 11.1 Å². The van der Waals surface area contributed by atoms with Gasteiger partial charge < -0.3 is 4.90 Å². The van der Waals surface area contributed by atoms with Gasteiger partial charge in [-0.1, -0.05) is 23.7 Å². The maximum atomic E-state index is 6.04. The highest BCUT2D eigenvalue weighted by Crippen LogP contribution is 2.30. The van der Waals surface area contributed by atoms with Crippen LogP contribution in [0.15, 0.2) is 48.8 Å². The van der Waals surface area contributed by atoms with Gasteiger partial charge in [0.1, 0.15) is 5.65 Å². The zero-order chi connectivity index (χ0) is 15.1. The quantitative estimate of drug-likeness (QED) is 0.687. The molecular weight excluding hydrogens is 294 g/mol. The largest absolute Gasteiger partial charge is 0.369 e. The van der Waals surface area contributed by atoms with Crippen molar-refractivity contribution in [2.24, 2.45) is 0 Å². The first-order valence-corrected chi connectivity index (χ1v) is 8.10. The molecule has 1 aromatic carbocycles. The molecule has 0 aliphatic carbocycles. The average Bonchev–Trinajstić information content (AvgIpc) is 3.13. The Morgan fingerprint density at radius 1 is 1.23 bits per heavy atom. The molecular formula is C18H18ClN3. The Kier molecular flexibility index (Phi) is 3.30. The van der Waals surface area contributed by atoms with E-state index in [1.165, 1.54) is 24.1 Å². The minimum absolute atomic E-state index is 0.622. The molecule has 22 heavy (non-hydrogen) atoms. The third-order valence-corrected chi connectivity index (χ3v) is 4.74. The maximum absolute atomic E-state index is 6.04. The Bertz CT molecular complexity index is 824. The molecule has 4 rings (SSSR count). The topological polar surface area (TPSA) is 20.5 Å². The minimum atomic E-state index is 0.622. The van der Waals surface area contributed by atoms with Crippen molar-refractivity contribution in [2.45, 2.75) is 25.8 Å². The number of halogens is 1. The van der Waals surface area contributed by atoms with Crippen molar-refractivity contribution < 1.29 is 0 Å². The summed E-state index contributed by atoms with van der Waals surface area (Å²) in [6.45, 7) is 3.45. The van der Waals surface area contributed by atoms with Gasteiger partial charge >= 0.3 is 0 Å². The van der Waals surface area contributed by atoms with Gasteiger partial charge in [0.15, 0.2) is 0 Å². The van der Waals surface area contributed by atoms with Gasteiger partial charge in [-0.3, -0.25) is 4.40 Å². The fraction of sp³-hybridized carbons (Fsp3) is 0.278. The van der Waals surface area contributed by atoms with Crippen molar-refractivity contribution in [3.8, 4) is 11.3 Å². The molecule has 112 valence electrons. The first-order chi connectivity index (χ1) is 10.7. The van der Waals surface area contributed by atoms with E-state index in [1.54, 1.807) is 0 Å². The third kappa shape index (κ3) is 2.26. The molecule has 1 unspecified atom stereocenters. The summed E-state index contributed by atoms with van der Waals surface area (Å²) in [4.78, 5) is 6.95. The summed E-state index contributed by atoms with van der Waals surface area (Å²) in [7, 11) is 0. The number of nitrogens with zero attached hydrogens (tertiary/aromatic N) is 3. The Morgan fingerprint density at radius 2 is 2.14 bits per heavy atom. The zero-order valence-corrected chi connectivity index (χ0v) is 13.3. The molecule has 3 aromatic rings. The molecule has 3 heterocycles. The number of fused-ring (bicyclic) bond motifs is 1. The second kappa shape index (κ2) is 5.33. The number of aromatic nitrogens is 2. The Balaban J connectivity index is 1.78. The van der Waals surface area contributed by atoms with Crippen LogP contribution in [0.25, 0.3) is 16.9 Å². The smallest absolute Gasteiger partial charge is 0.138 e. The van der Waals surface area contributed by atoms with E-state index in [1.807, 2.05) is 24.5 Å². The normalized spacial score (nSPS) is 18.3. The molecule has 1 aliphatic heterocycles. The third-order valence-electron chi connectivity index (χ3n) is 4.50. The zero-order valence-electron chi connectivity index (χ0n) is 12.5. The molecule has 0 bridgehead atoms. The van der Waals surface area contributed by atoms with Crippen LogP contribution in [0.4, 0.5) is 5.69 Å². The highest BCUT2D eigenvalue weighted by atomic mass is 35.5. The number of benzene rings is 1. The number of anilines is 1. The van der Waals surface area contributed by atoms with Crippen molar-refractivity contribution in [1.82, 2.24) is 9.38 Å². The highest BCUT2D eigenvalue weighted by Gasteiger charge is 2.20. The van der Waals surface area contributed by atoms with Gasteiger partial charge in [-0.15, -0.1) is 0 Å². The average molecular weight is 312 g/mol. The monoisotopic (exact) mass is 311 g/mol. The van der Waals surface area contributed by atoms with Crippen LogP contribution in [0.2, 0.25) is 5.02 Å².